The minimum Gasteiger partial charge on any atom is -0.497 e. The van der Waals surface area contributed by atoms with Crippen LogP contribution < -0.4 is 10.1 Å². The van der Waals surface area contributed by atoms with Gasteiger partial charge in [0.15, 0.2) is 11.0 Å². The normalized spacial score (nSPS) is 14.9. The number of amides is 1. The molecule has 2 aromatic rings. The first kappa shape index (κ1) is 21.6. The molecule has 1 fully saturated rings. The molecule has 1 heterocycles. The molecular weight excluding hydrogens is 386 g/mol. The van der Waals surface area contributed by atoms with Crippen molar-refractivity contribution in [3.63, 3.8) is 0 Å². The Balaban J connectivity index is 1.78. The molecule has 3 rings (SSSR count). The van der Waals surface area contributed by atoms with Gasteiger partial charge in [0, 0.05) is 24.3 Å². The smallest absolute Gasteiger partial charge is 0.223 e. The Kier molecular flexibility index (Phi) is 7.94. The number of thioether (sulfide) groups is 1. The first-order chi connectivity index (χ1) is 14.1. The van der Waals surface area contributed by atoms with Crippen LogP contribution in [0.25, 0.3) is 5.69 Å². The van der Waals surface area contributed by atoms with Crippen molar-refractivity contribution in [3.8, 4) is 11.4 Å². The number of ether oxygens (including phenoxy) is 1. The zero-order chi connectivity index (χ0) is 20.6. The Morgan fingerprint density at radius 2 is 2.07 bits per heavy atom. The van der Waals surface area contributed by atoms with Crippen molar-refractivity contribution in [1.82, 2.24) is 25.0 Å². The van der Waals surface area contributed by atoms with Crippen LogP contribution in [0.5, 0.6) is 5.75 Å². The number of methoxy groups -OCH3 is 1. The van der Waals surface area contributed by atoms with Crippen LogP contribution in [0.1, 0.15) is 37.9 Å². The molecule has 0 unspecified atom stereocenters. The maximum absolute atomic E-state index is 12.6. The van der Waals surface area contributed by atoms with Crippen molar-refractivity contribution in [2.75, 3.05) is 33.5 Å². The van der Waals surface area contributed by atoms with Gasteiger partial charge in [-0.15, -0.1) is 10.2 Å². The molecule has 0 spiro atoms. The summed E-state index contributed by atoms with van der Waals surface area (Å²) in [6.45, 7) is 1.32. The van der Waals surface area contributed by atoms with E-state index in [4.69, 9.17) is 4.74 Å². The Morgan fingerprint density at radius 3 is 2.79 bits per heavy atom. The fourth-order valence-electron chi connectivity index (χ4n) is 3.51. The molecule has 1 amide bonds. The van der Waals surface area contributed by atoms with Gasteiger partial charge in [-0.25, -0.2) is 0 Å². The highest BCUT2D eigenvalue weighted by Crippen LogP contribution is 2.26. The van der Waals surface area contributed by atoms with Crippen molar-refractivity contribution in [2.24, 2.45) is 5.92 Å². The van der Waals surface area contributed by atoms with E-state index < -0.39 is 0 Å². The Labute approximate surface area is 177 Å². The number of carbonyl (C=O) groups excluding carboxylic acids is 1. The number of nitrogens with one attached hydrogen (secondary N) is 1. The lowest BCUT2D eigenvalue weighted by molar-refractivity contribution is -0.126. The SMILES string of the molecule is COc1cccc(-n2c(CNC(=O)C3CCCCC3)nnc2SCCN(C)C)c1. The van der Waals surface area contributed by atoms with Crippen LogP contribution in [-0.2, 0) is 11.3 Å². The second kappa shape index (κ2) is 10.6. The highest BCUT2D eigenvalue weighted by Gasteiger charge is 2.22. The summed E-state index contributed by atoms with van der Waals surface area (Å²) in [6, 6.07) is 7.84. The summed E-state index contributed by atoms with van der Waals surface area (Å²) in [5.41, 5.74) is 0.934. The van der Waals surface area contributed by atoms with Crippen LogP contribution in [-0.4, -0.2) is 59.1 Å². The third-order valence-corrected chi connectivity index (χ3v) is 6.09. The van der Waals surface area contributed by atoms with E-state index in [0.717, 1.165) is 60.4 Å². The molecule has 8 heteroatoms. The van der Waals surface area contributed by atoms with Gasteiger partial charge < -0.3 is 15.0 Å². The monoisotopic (exact) mass is 417 g/mol. The minimum atomic E-state index is 0.130. The number of rotatable bonds is 9. The van der Waals surface area contributed by atoms with Gasteiger partial charge in [0.1, 0.15) is 5.75 Å². The molecule has 1 N–H and O–H groups in total. The van der Waals surface area contributed by atoms with E-state index in [-0.39, 0.29) is 11.8 Å². The van der Waals surface area contributed by atoms with Crippen LogP contribution in [0.15, 0.2) is 29.4 Å². The van der Waals surface area contributed by atoms with Gasteiger partial charge in [0.2, 0.25) is 5.91 Å². The number of hydrogen-bond donors (Lipinski definition) is 1. The summed E-state index contributed by atoms with van der Waals surface area (Å²) in [7, 11) is 5.77. The van der Waals surface area contributed by atoms with Crippen molar-refractivity contribution in [2.45, 2.75) is 43.8 Å². The number of benzene rings is 1. The first-order valence-corrected chi connectivity index (χ1v) is 11.2. The van der Waals surface area contributed by atoms with Crippen molar-refractivity contribution >= 4 is 17.7 Å². The maximum Gasteiger partial charge on any atom is 0.223 e. The summed E-state index contributed by atoms with van der Waals surface area (Å²) in [5, 5.41) is 12.7. The number of hydrogen-bond acceptors (Lipinski definition) is 6. The zero-order valence-corrected chi connectivity index (χ0v) is 18.4. The lowest BCUT2D eigenvalue weighted by Gasteiger charge is -2.20. The summed E-state index contributed by atoms with van der Waals surface area (Å²) >= 11 is 1.66. The maximum atomic E-state index is 12.6. The number of aromatic nitrogens is 3. The molecule has 0 bridgehead atoms. The molecule has 1 saturated carbocycles. The number of carbonyl (C=O) groups is 1. The van der Waals surface area contributed by atoms with Crippen LogP contribution in [0.4, 0.5) is 0 Å². The average molecular weight is 418 g/mol. The van der Waals surface area contributed by atoms with Crippen LogP contribution in [0.3, 0.4) is 0 Å². The van der Waals surface area contributed by atoms with Gasteiger partial charge in [-0.3, -0.25) is 9.36 Å². The molecule has 1 aromatic heterocycles. The lowest BCUT2D eigenvalue weighted by Crippen LogP contribution is -2.32. The number of nitrogens with zero attached hydrogens (tertiary/aromatic N) is 4. The van der Waals surface area contributed by atoms with E-state index in [9.17, 15) is 4.79 Å². The van der Waals surface area contributed by atoms with Gasteiger partial charge in [0.05, 0.1) is 19.3 Å². The Hall–Kier alpha value is -2.06. The van der Waals surface area contributed by atoms with E-state index >= 15 is 0 Å². The Bertz CT molecular complexity index is 802. The molecule has 0 radical (unpaired) electrons. The molecule has 1 aliphatic rings. The molecule has 0 aliphatic heterocycles. The van der Waals surface area contributed by atoms with Gasteiger partial charge in [-0.1, -0.05) is 37.1 Å². The zero-order valence-electron chi connectivity index (χ0n) is 17.6. The minimum absolute atomic E-state index is 0.130. The summed E-state index contributed by atoms with van der Waals surface area (Å²) in [5.74, 6) is 2.67. The van der Waals surface area contributed by atoms with Crippen molar-refractivity contribution < 1.29 is 9.53 Å². The average Bonchev–Trinajstić information content (AvgIpc) is 3.15. The summed E-state index contributed by atoms with van der Waals surface area (Å²) < 4.78 is 7.40. The van der Waals surface area contributed by atoms with Gasteiger partial charge in [-0.2, -0.15) is 0 Å². The molecular formula is C21H31N5O2S. The highest BCUT2D eigenvalue weighted by molar-refractivity contribution is 7.99. The van der Waals surface area contributed by atoms with Crippen LogP contribution in [0, 0.1) is 5.92 Å². The van der Waals surface area contributed by atoms with Crippen molar-refractivity contribution in [3.05, 3.63) is 30.1 Å². The topological polar surface area (TPSA) is 72.3 Å². The third kappa shape index (κ3) is 5.96. The molecule has 1 aliphatic carbocycles. The molecule has 1 aromatic carbocycles. The lowest BCUT2D eigenvalue weighted by atomic mass is 9.89. The van der Waals surface area contributed by atoms with E-state index in [1.165, 1.54) is 6.42 Å². The van der Waals surface area contributed by atoms with Gasteiger partial charge in [-0.05, 0) is 39.1 Å². The second-order valence-electron chi connectivity index (χ2n) is 7.64. The molecule has 0 atom stereocenters. The second-order valence-corrected chi connectivity index (χ2v) is 8.70. The standard InChI is InChI=1S/C21H31N5O2S/c1-25(2)12-13-29-21-24-23-19(15-22-20(27)16-8-5-4-6-9-16)26(21)17-10-7-11-18(14-17)28-3/h7,10-11,14,16H,4-6,8-9,12-13,15H2,1-3H3,(H,22,27). The molecule has 0 saturated heterocycles. The molecule has 158 valence electrons. The fourth-order valence-corrected chi connectivity index (χ4v) is 4.59. The van der Waals surface area contributed by atoms with Crippen LogP contribution in [0.2, 0.25) is 0 Å². The third-order valence-electron chi connectivity index (χ3n) is 5.18. The summed E-state index contributed by atoms with van der Waals surface area (Å²) in [4.78, 5) is 14.7. The van der Waals surface area contributed by atoms with E-state index in [1.54, 1.807) is 18.9 Å². The molecule has 7 nitrogen and oxygen atoms in total. The quantitative estimate of drug-likeness (QED) is 0.632. The fraction of sp³-hybridized carbons (Fsp3) is 0.571. The predicted octanol–water partition coefficient (Wildman–Crippen LogP) is 3.13. The Morgan fingerprint density at radius 1 is 1.28 bits per heavy atom. The first-order valence-electron chi connectivity index (χ1n) is 10.2. The largest absolute Gasteiger partial charge is 0.497 e. The predicted molar refractivity (Wildman–Crippen MR) is 116 cm³/mol. The van der Waals surface area contributed by atoms with E-state index in [1.807, 2.05) is 28.8 Å². The van der Waals surface area contributed by atoms with Crippen LogP contribution >= 0.6 is 11.8 Å². The van der Waals surface area contributed by atoms with Gasteiger partial charge in [0.25, 0.3) is 0 Å². The molecule has 29 heavy (non-hydrogen) atoms. The van der Waals surface area contributed by atoms with E-state index in [2.05, 4.69) is 34.5 Å². The van der Waals surface area contributed by atoms with E-state index in [0.29, 0.717) is 6.54 Å². The van der Waals surface area contributed by atoms with Crippen molar-refractivity contribution in [1.29, 1.82) is 0 Å². The highest BCUT2D eigenvalue weighted by atomic mass is 32.2. The summed E-state index contributed by atoms with van der Waals surface area (Å²) in [6.07, 6.45) is 5.50. The van der Waals surface area contributed by atoms with Gasteiger partial charge >= 0.3 is 0 Å².